The van der Waals surface area contributed by atoms with E-state index in [2.05, 4.69) is 5.32 Å². The topological polar surface area (TPSA) is 73.6 Å². The maximum atomic E-state index is 12.9. The monoisotopic (exact) mass is 387 g/mol. The lowest BCUT2D eigenvalue weighted by molar-refractivity contribution is -0.119. The Bertz CT molecular complexity index is 712. The van der Waals surface area contributed by atoms with Crippen molar-refractivity contribution in [2.75, 3.05) is 13.7 Å². The van der Waals surface area contributed by atoms with Gasteiger partial charge in [0, 0.05) is 13.1 Å². The lowest BCUT2D eigenvalue weighted by Crippen LogP contribution is -3.00. The maximum absolute atomic E-state index is 12.9. The fourth-order valence-electron chi connectivity index (χ4n) is 2.11. The summed E-state index contributed by atoms with van der Waals surface area (Å²) in [5, 5.41) is 3.56. The average Bonchev–Trinajstić information content (AvgIpc) is 2.55. The summed E-state index contributed by atoms with van der Waals surface area (Å²) in [6, 6.07) is 9.76. The second-order valence-electron chi connectivity index (χ2n) is 5.09. The molecule has 0 spiro atoms. The molecule has 0 aromatic heterocycles. The molecule has 0 unspecified atom stereocenters. The zero-order chi connectivity index (χ0) is 17.5. The fraction of sp³-hybridized carbons (Fsp3) is 0.235. The number of hydrogen-bond donors (Lipinski definition) is 2. The van der Waals surface area contributed by atoms with Crippen molar-refractivity contribution in [3.05, 3.63) is 58.4 Å². The number of nitrogens with one attached hydrogen (secondary N) is 1. The first-order valence-corrected chi connectivity index (χ1v) is 7.60. The van der Waals surface area contributed by atoms with Gasteiger partial charge in [0.2, 0.25) is 0 Å². The van der Waals surface area contributed by atoms with Gasteiger partial charge in [0.05, 0.1) is 12.1 Å². The summed E-state index contributed by atoms with van der Waals surface area (Å²) in [6.45, 7) is 0.835. The van der Waals surface area contributed by atoms with E-state index in [1.807, 2.05) is 0 Å². The van der Waals surface area contributed by atoms with E-state index in [1.165, 1.54) is 19.2 Å². The van der Waals surface area contributed by atoms with Crippen LogP contribution in [0.4, 0.5) is 4.39 Å². The molecule has 0 aliphatic rings. The van der Waals surface area contributed by atoms with E-state index in [-0.39, 0.29) is 30.6 Å². The minimum atomic E-state index is -0.599. The summed E-state index contributed by atoms with van der Waals surface area (Å²) < 4.78 is 23.4. The van der Waals surface area contributed by atoms with Crippen molar-refractivity contribution in [3.63, 3.8) is 0 Å². The minimum Gasteiger partial charge on any atom is -1.00 e. The molecular formula is C17H18Cl2FN2O3-. The third-order valence-corrected chi connectivity index (χ3v) is 3.50. The van der Waals surface area contributed by atoms with E-state index >= 15 is 0 Å². The van der Waals surface area contributed by atoms with Crippen molar-refractivity contribution in [2.45, 2.75) is 13.1 Å². The third-order valence-electron chi connectivity index (χ3n) is 3.22. The van der Waals surface area contributed by atoms with Crippen molar-refractivity contribution in [1.29, 1.82) is 0 Å². The van der Waals surface area contributed by atoms with Gasteiger partial charge in [-0.25, -0.2) is 4.39 Å². The average molecular weight is 388 g/mol. The highest BCUT2D eigenvalue weighted by molar-refractivity contribution is 6.32. The Kier molecular flexibility index (Phi) is 8.48. The van der Waals surface area contributed by atoms with Crippen LogP contribution in [-0.2, 0) is 17.9 Å². The number of nitrogens with two attached hydrogens (primary N) is 1. The number of benzene rings is 2. The van der Waals surface area contributed by atoms with Gasteiger partial charge in [-0.3, -0.25) is 4.79 Å². The van der Waals surface area contributed by atoms with Crippen molar-refractivity contribution >= 4 is 17.5 Å². The molecule has 25 heavy (non-hydrogen) atoms. The van der Waals surface area contributed by atoms with Crippen LogP contribution in [0.15, 0.2) is 36.4 Å². The molecule has 1 amide bonds. The fourth-order valence-corrected chi connectivity index (χ4v) is 2.40. The van der Waals surface area contributed by atoms with Crippen LogP contribution in [0.2, 0.25) is 5.02 Å². The van der Waals surface area contributed by atoms with Crippen LogP contribution in [-0.4, -0.2) is 19.6 Å². The number of ether oxygens (including phenoxy) is 2. The number of methoxy groups -OCH3 is 1. The maximum Gasteiger partial charge on any atom is 0.255 e. The summed E-state index contributed by atoms with van der Waals surface area (Å²) in [7, 11) is 1.48. The second-order valence-corrected chi connectivity index (χ2v) is 5.50. The zero-order valence-electron chi connectivity index (χ0n) is 13.5. The Balaban J connectivity index is 0.00000312. The van der Waals surface area contributed by atoms with Crippen molar-refractivity contribution in [2.24, 2.45) is 5.73 Å². The quantitative estimate of drug-likeness (QED) is 0.648. The van der Waals surface area contributed by atoms with Crippen LogP contribution in [0, 0.1) is 5.82 Å². The number of carbonyl (C=O) groups excluding carboxylic acids is 1. The van der Waals surface area contributed by atoms with Gasteiger partial charge < -0.3 is 32.9 Å². The molecule has 0 aliphatic heterocycles. The lowest BCUT2D eigenvalue weighted by atomic mass is 10.2. The zero-order valence-corrected chi connectivity index (χ0v) is 15.0. The second kappa shape index (κ2) is 10.1. The highest BCUT2D eigenvalue weighted by Crippen LogP contribution is 2.36. The first-order valence-electron chi connectivity index (χ1n) is 7.22. The standard InChI is InChI=1S/C17H18ClFN2O3.ClH/c1-23-15-7-12(6-14(18)17(15)24-10-16(20)22)9-21-8-11-2-4-13(19)5-3-11;/h2-7,21H,8-10H2,1H3,(H2,20,22);1H/p-1. The number of hydrogen-bond acceptors (Lipinski definition) is 4. The molecular weight excluding hydrogens is 370 g/mol. The molecule has 0 atom stereocenters. The van der Waals surface area contributed by atoms with Crippen molar-refractivity contribution < 1.29 is 31.1 Å². The summed E-state index contributed by atoms with van der Waals surface area (Å²) in [6.07, 6.45) is 0. The number of amides is 1. The molecule has 5 nitrogen and oxygen atoms in total. The van der Waals surface area contributed by atoms with Gasteiger partial charge >= 0.3 is 0 Å². The number of halogens is 3. The van der Waals surface area contributed by atoms with Crippen LogP contribution in [0.25, 0.3) is 0 Å². The Morgan fingerprint density at radius 3 is 2.44 bits per heavy atom. The van der Waals surface area contributed by atoms with E-state index in [9.17, 15) is 9.18 Å². The Morgan fingerprint density at radius 1 is 1.20 bits per heavy atom. The molecule has 2 rings (SSSR count). The number of rotatable bonds is 8. The molecule has 136 valence electrons. The molecule has 3 N–H and O–H groups in total. The third kappa shape index (κ3) is 6.42. The van der Waals surface area contributed by atoms with Gasteiger partial charge in [-0.2, -0.15) is 0 Å². The molecule has 0 heterocycles. The summed E-state index contributed by atoms with van der Waals surface area (Å²) in [5.74, 6) is -0.164. The molecule has 0 fully saturated rings. The predicted molar refractivity (Wildman–Crippen MR) is 89.6 cm³/mol. The minimum absolute atomic E-state index is 0. The van der Waals surface area contributed by atoms with Crippen LogP contribution in [0.5, 0.6) is 11.5 Å². The number of carbonyl (C=O) groups is 1. The van der Waals surface area contributed by atoms with Gasteiger partial charge in [0.15, 0.2) is 18.1 Å². The SMILES string of the molecule is COc1cc(CNCc2ccc(F)cc2)cc(Cl)c1OCC(N)=O.[Cl-]. The van der Waals surface area contributed by atoms with Crippen molar-refractivity contribution in [1.82, 2.24) is 5.32 Å². The molecule has 0 saturated heterocycles. The predicted octanol–water partition coefficient (Wildman–Crippen LogP) is -0.354. The Labute approximate surface area is 156 Å². The van der Waals surface area contributed by atoms with Crippen molar-refractivity contribution in [3.8, 4) is 11.5 Å². The van der Waals surface area contributed by atoms with Crippen LogP contribution >= 0.6 is 11.6 Å². The van der Waals surface area contributed by atoms with Crippen LogP contribution < -0.4 is 32.9 Å². The molecule has 0 radical (unpaired) electrons. The summed E-state index contributed by atoms with van der Waals surface area (Å²) in [5.41, 5.74) is 6.91. The summed E-state index contributed by atoms with van der Waals surface area (Å²) >= 11 is 6.18. The molecule has 2 aromatic rings. The van der Waals surface area contributed by atoms with Gasteiger partial charge in [-0.15, -0.1) is 0 Å². The highest BCUT2D eigenvalue weighted by Gasteiger charge is 2.13. The molecule has 2 aromatic carbocycles. The Hall–Kier alpha value is -2.02. The molecule has 0 aliphatic carbocycles. The first-order chi connectivity index (χ1) is 11.5. The van der Waals surface area contributed by atoms with Gasteiger partial charge in [-0.1, -0.05) is 23.7 Å². The molecule has 0 saturated carbocycles. The first kappa shape index (κ1) is 21.0. The number of primary amides is 1. The van der Waals surface area contributed by atoms with Crippen LogP contribution in [0.1, 0.15) is 11.1 Å². The van der Waals surface area contributed by atoms with Crippen LogP contribution in [0.3, 0.4) is 0 Å². The largest absolute Gasteiger partial charge is 1.00 e. The van der Waals surface area contributed by atoms with E-state index in [4.69, 9.17) is 26.8 Å². The van der Waals surface area contributed by atoms with E-state index in [0.29, 0.717) is 23.9 Å². The highest BCUT2D eigenvalue weighted by atomic mass is 35.5. The van der Waals surface area contributed by atoms with Gasteiger partial charge in [0.1, 0.15) is 5.82 Å². The Morgan fingerprint density at radius 2 is 1.84 bits per heavy atom. The normalized spacial score (nSPS) is 10.0. The molecule has 8 heteroatoms. The molecule has 0 bridgehead atoms. The summed E-state index contributed by atoms with van der Waals surface area (Å²) in [4.78, 5) is 10.8. The van der Waals surface area contributed by atoms with E-state index in [1.54, 1.807) is 24.3 Å². The van der Waals surface area contributed by atoms with E-state index in [0.717, 1.165) is 11.1 Å². The van der Waals surface area contributed by atoms with E-state index < -0.39 is 5.91 Å². The lowest BCUT2D eigenvalue weighted by Gasteiger charge is -2.14. The smallest absolute Gasteiger partial charge is 0.255 e. The van der Waals surface area contributed by atoms with Gasteiger partial charge in [-0.05, 0) is 35.4 Å². The van der Waals surface area contributed by atoms with Gasteiger partial charge in [0.25, 0.3) is 5.91 Å².